The number of carbonyl (C=O) groups excluding carboxylic acids is 2. The normalized spacial score (nSPS) is 10.7. The van der Waals surface area contributed by atoms with Gasteiger partial charge in [-0.3, -0.25) is 4.79 Å². The number of rotatable bonds is 5. The molecular weight excluding hydrogens is 366 g/mol. The van der Waals surface area contributed by atoms with Gasteiger partial charge < -0.3 is 23.3 Å². The maximum absolute atomic E-state index is 12.3. The summed E-state index contributed by atoms with van der Waals surface area (Å²) in [5.41, 5.74) is -0.768. The van der Waals surface area contributed by atoms with Gasteiger partial charge in [0.25, 0.3) is 5.91 Å². The number of hydrogen-bond donors (Lipinski definition) is 1. The van der Waals surface area contributed by atoms with Gasteiger partial charge >= 0.3 is 11.6 Å². The van der Waals surface area contributed by atoms with Crippen molar-refractivity contribution in [2.75, 3.05) is 0 Å². The van der Waals surface area contributed by atoms with Gasteiger partial charge in [-0.15, -0.1) is 0 Å². The first-order valence-electron chi connectivity index (χ1n) is 8.24. The van der Waals surface area contributed by atoms with Crippen LogP contribution in [0.3, 0.4) is 0 Å². The van der Waals surface area contributed by atoms with E-state index < -0.39 is 17.5 Å². The summed E-state index contributed by atoms with van der Waals surface area (Å²) in [6.07, 6.45) is 2.84. The minimum Gasteiger partial charge on any atom is -0.467 e. The van der Waals surface area contributed by atoms with Gasteiger partial charge in [0.2, 0.25) is 5.76 Å². The van der Waals surface area contributed by atoms with E-state index in [0.717, 1.165) is 0 Å². The van der Waals surface area contributed by atoms with E-state index in [2.05, 4.69) is 5.32 Å². The predicted octanol–water partition coefficient (Wildman–Crippen LogP) is 3.13. The molecule has 0 aliphatic rings. The van der Waals surface area contributed by atoms with E-state index in [1.165, 1.54) is 36.8 Å². The molecule has 140 valence electrons. The second kappa shape index (κ2) is 7.28. The van der Waals surface area contributed by atoms with Gasteiger partial charge in [-0.2, -0.15) is 0 Å². The molecule has 8 nitrogen and oxygen atoms in total. The third-order valence-corrected chi connectivity index (χ3v) is 3.89. The molecule has 4 aromatic rings. The van der Waals surface area contributed by atoms with Crippen molar-refractivity contribution in [1.29, 1.82) is 0 Å². The highest BCUT2D eigenvalue weighted by Gasteiger charge is 2.16. The van der Waals surface area contributed by atoms with Crippen molar-refractivity contribution < 1.29 is 27.6 Å². The zero-order chi connectivity index (χ0) is 19.5. The maximum Gasteiger partial charge on any atom is 0.379 e. The number of esters is 1. The Hall–Kier alpha value is -4.07. The third-order valence-electron chi connectivity index (χ3n) is 3.89. The molecule has 0 unspecified atom stereocenters. The summed E-state index contributed by atoms with van der Waals surface area (Å²) in [6, 6.07) is 12.3. The Bertz CT molecular complexity index is 1190. The van der Waals surface area contributed by atoms with Crippen LogP contribution in [0.1, 0.15) is 26.7 Å². The highest BCUT2D eigenvalue weighted by atomic mass is 16.5. The number of furan rings is 2. The number of hydrogen-bond acceptors (Lipinski definition) is 7. The van der Waals surface area contributed by atoms with Crippen molar-refractivity contribution in [1.82, 2.24) is 5.32 Å². The summed E-state index contributed by atoms with van der Waals surface area (Å²) in [4.78, 5) is 36.4. The van der Waals surface area contributed by atoms with Gasteiger partial charge in [-0.05, 0) is 42.5 Å². The van der Waals surface area contributed by atoms with Crippen LogP contribution in [0.4, 0.5) is 0 Å². The monoisotopic (exact) mass is 379 g/mol. The van der Waals surface area contributed by atoms with E-state index >= 15 is 0 Å². The number of carbonyl (C=O) groups is 2. The topological polar surface area (TPSA) is 112 Å². The molecule has 3 aromatic heterocycles. The Morgan fingerprint density at radius 2 is 1.82 bits per heavy atom. The van der Waals surface area contributed by atoms with Crippen LogP contribution < -0.4 is 15.7 Å². The SMILES string of the molecule is O=C(Oc1ccc2cc(C(=O)NCc3ccco3)c(=O)oc2c1)c1ccco1. The molecule has 0 spiro atoms. The second-order valence-corrected chi connectivity index (χ2v) is 5.78. The lowest BCUT2D eigenvalue weighted by molar-refractivity contribution is 0.0701. The van der Waals surface area contributed by atoms with Gasteiger partial charge in [0.05, 0.1) is 19.1 Å². The molecule has 1 N–H and O–H groups in total. The van der Waals surface area contributed by atoms with Gasteiger partial charge in [0, 0.05) is 11.5 Å². The second-order valence-electron chi connectivity index (χ2n) is 5.78. The van der Waals surface area contributed by atoms with Crippen molar-refractivity contribution in [2.45, 2.75) is 6.54 Å². The van der Waals surface area contributed by atoms with Crippen LogP contribution in [0.5, 0.6) is 5.75 Å². The van der Waals surface area contributed by atoms with Crippen LogP contribution in [0, 0.1) is 0 Å². The van der Waals surface area contributed by atoms with Crippen molar-refractivity contribution in [3.63, 3.8) is 0 Å². The quantitative estimate of drug-likeness (QED) is 0.322. The minimum absolute atomic E-state index is 0.0464. The molecule has 0 atom stereocenters. The first kappa shape index (κ1) is 17.3. The van der Waals surface area contributed by atoms with Gasteiger partial charge in [-0.25, -0.2) is 9.59 Å². The number of benzene rings is 1. The molecular formula is C20H13NO7. The summed E-state index contributed by atoms with van der Waals surface area (Å²) >= 11 is 0. The van der Waals surface area contributed by atoms with Crippen LogP contribution in [0.25, 0.3) is 11.0 Å². The van der Waals surface area contributed by atoms with Crippen LogP contribution in [-0.2, 0) is 6.54 Å². The van der Waals surface area contributed by atoms with Crippen LogP contribution in [-0.4, -0.2) is 11.9 Å². The summed E-state index contributed by atoms with van der Waals surface area (Å²) in [7, 11) is 0. The Labute approximate surface area is 157 Å². The molecule has 3 heterocycles. The summed E-state index contributed by atoms with van der Waals surface area (Å²) < 4.78 is 20.5. The molecule has 0 radical (unpaired) electrons. The molecule has 0 aliphatic heterocycles. The minimum atomic E-state index is -0.807. The first-order valence-corrected chi connectivity index (χ1v) is 8.24. The Kier molecular flexibility index (Phi) is 4.51. The lowest BCUT2D eigenvalue weighted by atomic mass is 10.1. The van der Waals surface area contributed by atoms with Crippen molar-refractivity contribution in [2.24, 2.45) is 0 Å². The number of nitrogens with one attached hydrogen (secondary N) is 1. The molecule has 4 rings (SSSR count). The van der Waals surface area contributed by atoms with Crippen molar-refractivity contribution >= 4 is 22.8 Å². The Morgan fingerprint density at radius 3 is 2.57 bits per heavy atom. The molecule has 0 saturated carbocycles. The highest BCUT2D eigenvalue weighted by Crippen LogP contribution is 2.21. The van der Waals surface area contributed by atoms with Gasteiger partial charge in [-0.1, -0.05) is 0 Å². The third kappa shape index (κ3) is 3.56. The smallest absolute Gasteiger partial charge is 0.379 e. The van der Waals surface area contributed by atoms with Crippen molar-refractivity contribution in [3.8, 4) is 5.75 Å². The molecule has 28 heavy (non-hydrogen) atoms. The van der Waals surface area contributed by atoms with Gasteiger partial charge in [0.1, 0.15) is 22.7 Å². The van der Waals surface area contributed by atoms with E-state index in [1.54, 1.807) is 24.3 Å². The molecule has 0 bridgehead atoms. The standard InChI is InChI=1S/C20H13NO7/c22-18(21-11-14-3-1-7-25-14)15-9-12-5-6-13(10-17(12)28-19(15)23)27-20(24)16-4-2-8-26-16/h1-10H,11H2,(H,21,22). The first-order chi connectivity index (χ1) is 13.6. The molecule has 1 aromatic carbocycles. The van der Waals surface area contributed by atoms with Gasteiger partial charge in [0.15, 0.2) is 0 Å². The molecule has 0 fully saturated rings. The zero-order valence-corrected chi connectivity index (χ0v) is 14.3. The number of amides is 1. The molecule has 0 aliphatic carbocycles. The highest BCUT2D eigenvalue weighted by molar-refractivity contribution is 5.96. The fraction of sp³-hybridized carbons (Fsp3) is 0.0500. The van der Waals surface area contributed by atoms with Crippen LogP contribution in [0.2, 0.25) is 0 Å². The van der Waals surface area contributed by atoms with E-state index in [1.807, 2.05) is 0 Å². The average molecular weight is 379 g/mol. The largest absolute Gasteiger partial charge is 0.467 e. The Balaban J connectivity index is 1.54. The molecule has 1 amide bonds. The van der Waals surface area contributed by atoms with Crippen LogP contribution >= 0.6 is 0 Å². The van der Waals surface area contributed by atoms with E-state index in [9.17, 15) is 14.4 Å². The fourth-order valence-electron chi connectivity index (χ4n) is 2.54. The lowest BCUT2D eigenvalue weighted by Gasteiger charge is -2.06. The Morgan fingerprint density at radius 1 is 1.00 bits per heavy atom. The fourth-order valence-corrected chi connectivity index (χ4v) is 2.54. The number of ether oxygens (including phenoxy) is 1. The van der Waals surface area contributed by atoms with E-state index in [0.29, 0.717) is 11.1 Å². The predicted molar refractivity (Wildman–Crippen MR) is 96.0 cm³/mol. The zero-order valence-electron chi connectivity index (χ0n) is 14.3. The van der Waals surface area contributed by atoms with E-state index in [4.69, 9.17) is 18.0 Å². The molecule has 0 saturated heterocycles. The summed E-state index contributed by atoms with van der Waals surface area (Å²) in [6.45, 7) is 0.144. The van der Waals surface area contributed by atoms with Crippen LogP contribution in [0.15, 0.2) is 79.1 Å². The van der Waals surface area contributed by atoms with E-state index in [-0.39, 0.29) is 29.2 Å². The number of fused-ring (bicyclic) bond motifs is 1. The summed E-state index contributed by atoms with van der Waals surface area (Å²) in [5, 5.41) is 3.09. The average Bonchev–Trinajstić information content (AvgIpc) is 3.39. The maximum atomic E-state index is 12.3. The lowest BCUT2D eigenvalue weighted by Crippen LogP contribution is -2.27. The summed E-state index contributed by atoms with van der Waals surface area (Å²) in [5.74, 6) is -0.486. The molecule has 8 heteroatoms. The van der Waals surface area contributed by atoms with Crippen molar-refractivity contribution in [3.05, 3.63) is 88.6 Å².